The maximum Gasteiger partial charge on any atom is 0.335 e. The molecule has 1 atom stereocenters. The van der Waals surface area contributed by atoms with Crippen LogP contribution in [0.4, 0.5) is 0 Å². The highest BCUT2D eigenvalue weighted by Crippen LogP contribution is 2.38. The summed E-state index contributed by atoms with van der Waals surface area (Å²) < 4.78 is 27.6. The number of hydrogen-bond acceptors (Lipinski definition) is 3. The number of carbonyl (C=O) groups is 1. The van der Waals surface area contributed by atoms with Crippen molar-refractivity contribution in [2.24, 2.45) is 0 Å². The highest BCUT2D eigenvalue weighted by atomic mass is 32.2. The lowest BCUT2D eigenvalue weighted by atomic mass is 9.91. The Kier molecular flexibility index (Phi) is 4.64. The minimum absolute atomic E-state index is 0.00324. The standard InChI is InChI=1S/C19H16N2O4S/c1-13-12-21(18(11-20-2)17-6-4-3-5-16(13)17)26(24,25)15-9-7-14(8-10-15)19(22)23/h3-10,18H,1,11-12H2,(H,22,23). The Hall–Kier alpha value is -2.95. The van der Waals surface area contributed by atoms with Gasteiger partial charge in [0.2, 0.25) is 16.6 Å². The van der Waals surface area contributed by atoms with Crippen LogP contribution in [0.5, 0.6) is 0 Å². The number of aromatic carboxylic acids is 1. The third-order valence-corrected chi connectivity index (χ3v) is 6.24. The molecule has 1 unspecified atom stereocenters. The summed E-state index contributed by atoms with van der Waals surface area (Å²) in [5.74, 6) is -1.12. The van der Waals surface area contributed by atoms with E-state index in [-0.39, 0.29) is 23.5 Å². The zero-order chi connectivity index (χ0) is 18.9. The van der Waals surface area contributed by atoms with Gasteiger partial charge in [-0.2, -0.15) is 4.31 Å². The molecule has 0 saturated carbocycles. The quantitative estimate of drug-likeness (QED) is 0.841. The zero-order valence-corrected chi connectivity index (χ0v) is 14.6. The van der Waals surface area contributed by atoms with Gasteiger partial charge in [-0.25, -0.2) is 19.8 Å². The molecule has 1 heterocycles. The smallest absolute Gasteiger partial charge is 0.335 e. The monoisotopic (exact) mass is 368 g/mol. The highest BCUT2D eigenvalue weighted by Gasteiger charge is 2.39. The van der Waals surface area contributed by atoms with Crippen molar-refractivity contribution in [1.29, 1.82) is 0 Å². The Labute approximate surface area is 151 Å². The first kappa shape index (κ1) is 17.9. The van der Waals surface area contributed by atoms with E-state index in [0.717, 1.165) is 11.1 Å². The molecule has 1 aliphatic heterocycles. The van der Waals surface area contributed by atoms with Crippen LogP contribution in [0.1, 0.15) is 27.5 Å². The molecule has 1 N–H and O–H groups in total. The second-order valence-corrected chi connectivity index (χ2v) is 7.82. The average molecular weight is 368 g/mol. The number of carboxylic acid groups (broad SMARTS) is 1. The molecule has 1 aliphatic rings. The molecule has 0 aromatic heterocycles. The molecule has 0 bridgehead atoms. The number of carboxylic acids is 1. The number of sulfonamides is 1. The molecule has 0 spiro atoms. The fourth-order valence-corrected chi connectivity index (χ4v) is 4.67. The van der Waals surface area contributed by atoms with E-state index in [9.17, 15) is 13.2 Å². The predicted molar refractivity (Wildman–Crippen MR) is 97.0 cm³/mol. The largest absolute Gasteiger partial charge is 0.478 e. The number of benzene rings is 2. The van der Waals surface area contributed by atoms with E-state index in [4.69, 9.17) is 11.7 Å². The van der Waals surface area contributed by atoms with Gasteiger partial charge in [0.05, 0.1) is 10.5 Å². The van der Waals surface area contributed by atoms with E-state index < -0.39 is 22.0 Å². The van der Waals surface area contributed by atoms with Gasteiger partial charge in [0.1, 0.15) is 6.04 Å². The molecule has 0 fully saturated rings. The third-order valence-electron chi connectivity index (χ3n) is 4.37. The lowest BCUT2D eigenvalue weighted by Gasteiger charge is -2.34. The van der Waals surface area contributed by atoms with E-state index in [1.54, 1.807) is 6.07 Å². The molecular formula is C19H16N2O4S. The summed E-state index contributed by atoms with van der Waals surface area (Å²) in [5, 5.41) is 8.98. The molecule has 132 valence electrons. The van der Waals surface area contributed by atoms with Crippen LogP contribution in [0, 0.1) is 6.57 Å². The summed E-state index contributed by atoms with van der Waals surface area (Å²) in [4.78, 5) is 14.4. The van der Waals surface area contributed by atoms with Crippen molar-refractivity contribution in [3.05, 3.63) is 83.2 Å². The summed E-state index contributed by atoms with van der Waals surface area (Å²) in [6.45, 7) is 11.3. The summed E-state index contributed by atoms with van der Waals surface area (Å²) in [6.07, 6.45) is 0. The van der Waals surface area contributed by atoms with Crippen LogP contribution in [0.2, 0.25) is 0 Å². The summed E-state index contributed by atoms with van der Waals surface area (Å²) in [7, 11) is -3.92. The van der Waals surface area contributed by atoms with Crippen molar-refractivity contribution in [1.82, 2.24) is 4.31 Å². The first-order valence-electron chi connectivity index (χ1n) is 7.81. The lowest BCUT2D eigenvalue weighted by molar-refractivity contribution is 0.0696. The van der Waals surface area contributed by atoms with Crippen molar-refractivity contribution in [3.8, 4) is 0 Å². The molecule has 0 saturated heterocycles. The van der Waals surface area contributed by atoms with E-state index in [0.29, 0.717) is 5.57 Å². The van der Waals surface area contributed by atoms with Gasteiger partial charge in [0.15, 0.2) is 0 Å². The first-order chi connectivity index (χ1) is 12.4. The molecular weight excluding hydrogens is 352 g/mol. The fourth-order valence-electron chi connectivity index (χ4n) is 3.08. The van der Waals surface area contributed by atoms with Gasteiger partial charge in [-0.15, -0.1) is 0 Å². The number of hydrogen-bond donors (Lipinski definition) is 1. The molecule has 2 aromatic carbocycles. The molecule has 6 nitrogen and oxygen atoms in total. The minimum Gasteiger partial charge on any atom is -0.478 e. The third kappa shape index (κ3) is 3.01. The van der Waals surface area contributed by atoms with Crippen LogP contribution < -0.4 is 0 Å². The van der Waals surface area contributed by atoms with Gasteiger partial charge in [-0.05, 0) is 41.0 Å². The van der Waals surface area contributed by atoms with Crippen molar-refractivity contribution in [3.63, 3.8) is 0 Å². The number of fused-ring (bicyclic) bond motifs is 1. The lowest BCUT2D eigenvalue weighted by Crippen LogP contribution is -2.40. The predicted octanol–water partition coefficient (Wildman–Crippen LogP) is 3.06. The van der Waals surface area contributed by atoms with Gasteiger partial charge >= 0.3 is 5.97 Å². The van der Waals surface area contributed by atoms with E-state index >= 15 is 0 Å². The molecule has 7 heteroatoms. The van der Waals surface area contributed by atoms with E-state index in [1.165, 1.54) is 28.6 Å². The normalized spacial score (nSPS) is 17.3. The minimum atomic E-state index is -3.92. The molecule has 3 rings (SSSR count). The van der Waals surface area contributed by atoms with Crippen LogP contribution in [0.15, 0.2) is 60.0 Å². The van der Waals surface area contributed by atoms with Gasteiger partial charge in [-0.3, -0.25) is 0 Å². The maximum absolute atomic E-state index is 13.1. The second kappa shape index (κ2) is 6.75. The Morgan fingerprint density at radius 2 is 1.88 bits per heavy atom. The molecule has 26 heavy (non-hydrogen) atoms. The van der Waals surface area contributed by atoms with Gasteiger partial charge in [0, 0.05) is 6.54 Å². The topological polar surface area (TPSA) is 79.0 Å². The van der Waals surface area contributed by atoms with Gasteiger partial charge in [0.25, 0.3) is 0 Å². The summed E-state index contributed by atoms with van der Waals surface area (Å²) in [5.41, 5.74) is 2.29. The summed E-state index contributed by atoms with van der Waals surface area (Å²) in [6, 6.07) is 11.8. The fraction of sp³-hybridized carbons (Fsp3) is 0.158. The van der Waals surface area contributed by atoms with Crippen LogP contribution in [0.25, 0.3) is 10.4 Å². The Morgan fingerprint density at radius 1 is 1.23 bits per heavy atom. The second-order valence-electron chi connectivity index (χ2n) is 5.93. The van der Waals surface area contributed by atoms with E-state index in [1.807, 2.05) is 18.2 Å². The molecule has 0 amide bonds. The van der Waals surface area contributed by atoms with Crippen molar-refractivity contribution in [2.45, 2.75) is 10.9 Å². The van der Waals surface area contributed by atoms with Crippen LogP contribution in [-0.4, -0.2) is 36.9 Å². The molecule has 0 aliphatic carbocycles. The van der Waals surface area contributed by atoms with Crippen molar-refractivity contribution in [2.75, 3.05) is 13.1 Å². The van der Waals surface area contributed by atoms with E-state index in [2.05, 4.69) is 11.4 Å². The van der Waals surface area contributed by atoms with Gasteiger partial charge < -0.3 is 9.95 Å². The van der Waals surface area contributed by atoms with Crippen LogP contribution >= 0.6 is 0 Å². The Morgan fingerprint density at radius 3 is 2.50 bits per heavy atom. The maximum atomic E-state index is 13.1. The van der Waals surface area contributed by atoms with Crippen LogP contribution in [0.3, 0.4) is 0 Å². The number of rotatable bonds is 4. The highest BCUT2D eigenvalue weighted by molar-refractivity contribution is 7.89. The van der Waals surface area contributed by atoms with Crippen molar-refractivity contribution < 1.29 is 18.3 Å². The Balaban J connectivity index is 2.07. The Bertz CT molecular complexity index is 1020. The first-order valence-corrected chi connectivity index (χ1v) is 9.25. The molecule has 0 radical (unpaired) electrons. The SMILES string of the molecule is [C-]#[N+]CC1c2ccccc2C(=C)CN1S(=O)(=O)c1ccc(C(=O)O)cc1. The van der Waals surface area contributed by atoms with Gasteiger partial charge in [-0.1, -0.05) is 30.8 Å². The summed E-state index contributed by atoms with van der Waals surface area (Å²) >= 11 is 0. The average Bonchev–Trinajstić information content (AvgIpc) is 2.64. The number of nitrogens with zero attached hydrogens (tertiary/aromatic N) is 2. The van der Waals surface area contributed by atoms with Crippen LogP contribution in [-0.2, 0) is 10.0 Å². The van der Waals surface area contributed by atoms with Crippen molar-refractivity contribution >= 4 is 21.6 Å². The zero-order valence-electron chi connectivity index (χ0n) is 13.8. The molecule has 2 aromatic rings.